The lowest BCUT2D eigenvalue weighted by Gasteiger charge is -2.24. The van der Waals surface area contributed by atoms with Crippen molar-refractivity contribution >= 4 is 46.2 Å². The molecule has 4 aromatic heterocycles. The Morgan fingerprint density at radius 3 is 2.37 bits per heavy atom. The Bertz CT molecular complexity index is 2720. The Morgan fingerprint density at radius 1 is 1.02 bits per heavy atom. The number of benzene rings is 2. The second kappa shape index (κ2) is 15.1. The predicted octanol–water partition coefficient (Wildman–Crippen LogP) is 7.81. The van der Waals surface area contributed by atoms with Crippen LogP contribution in [0.5, 0.6) is 0 Å². The molecule has 24 heteroatoms. The van der Waals surface area contributed by atoms with Gasteiger partial charge in [-0.15, -0.1) is 0 Å². The molecule has 2 aromatic carbocycles. The number of alkyl halides is 7. The molecule has 2 aliphatic rings. The third-order valence-corrected chi connectivity index (χ3v) is 10.6. The Balaban J connectivity index is 1.34. The molecule has 3 atom stereocenters. The van der Waals surface area contributed by atoms with Gasteiger partial charge in [0, 0.05) is 36.3 Å². The fourth-order valence-corrected chi connectivity index (χ4v) is 8.13. The number of hydrogen-bond acceptors (Lipinski definition) is 9. The zero-order chi connectivity index (χ0) is 43.0. The summed E-state index contributed by atoms with van der Waals surface area (Å²) in [5.41, 5.74) is -4.51. The van der Waals surface area contributed by atoms with Crippen molar-refractivity contribution in [1.82, 2.24) is 44.4 Å². The molecule has 2 aliphatic carbocycles. The van der Waals surface area contributed by atoms with E-state index in [1.807, 2.05) is 0 Å². The average molecular weight is 887 g/mol. The maximum absolute atomic E-state index is 15.4. The second-order valence-corrected chi connectivity index (χ2v) is 14.9. The average Bonchev–Trinajstić information content (AvgIpc) is 3.68. The van der Waals surface area contributed by atoms with E-state index in [0.29, 0.717) is 15.4 Å². The molecule has 0 saturated heterocycles. The number of rotatable bonds is 12. The molecular weight excluding hydrogens is 862 g/mol. The lowest BCUT2D eigenvalue weighted by molar-refractivity contribution is -0.141. The van der Waals surface area contributed by atoms with E-state index in [1.54, 1.807) is 6.26 Å². The van der Waals surface area contributed by atoms with Crippen LogP contribution in [0.15, 0.2) is 53.6 Å². The Hall–Kier alpha value is -5.71. The number of hydrogen-bond donors (Lipinski definition) is 2. The highest BCUT2D eigenvalue weighted by Gasteiger charge is 2.67. The van der Waals surface area contributed by atoms with Crippen molar-refractivity contribution in [2.45, 2.75) is 56.4 Å². The first-order chi connectivity index (χ1) is 28.3. The van der Waals surface area contributed by atoms with E-state index in [9.17, 15) is 44.7 Å². The first-order valence-corrected chi connectivity index (χ1v) is 19.1. The van der Waals surface area contributed by atoms with Gasteiger partial charge in [-0.3, -0.25) is 23.5 Å². The molecule has 0 aliphatic heterocycles. The van der Waals surface area contributed by atoms with Crippen LogP contribution >= 0.6 is 23.5 Å². The second-order valence-electron chi connectivity index (χ2n) is 13.9. The molecule has 0 radical (unpaired) electrons. The highest BCUT2D eigenvalue weighted by Crippen LogP contribution is 2.68. The van der Waals surface area contributed by atoms with Gasteiger partial charge in [0.05, 0.1) is 40.0 Å². The van der Waals surface area contributed by atoms with Gasteiger partial charge >= 0.3 is 6.18 Å². The van der Waals surface area contributed by atoms with Crippen LogP contribution in [-0.2, 0) is 30.2 Å². The minimum absolute atomic E-state index is 0.0597. The smallest absolute Gasteiger partial charge is 0.344 e. The fraction of sp³-hybridized carbons (Fsp3) is 0.306. The number of amides is 1. The van der Waals surface area contributed by atoms with Crippen LogP contribution in [0.2, 0.25) is 5.02 Å². The van der Waals surface area contributed by atoms with Gasteiger partial charge in [0.15, 0.2) is 17.5 Å². The van der Waals surface area contributed by atoms with E-state index in [2.05, 4.69) is 35.2 Å². The predicted molar refractivity (Wildman–Crippen MR) is 195 cm³/mol. The molecule has 0 bridgehead atoms. The molecular formula is C36H25ClF10N10O2S. The topological polar surface area (TPSA) is 137 Å². The van der Waals surface area contributed by atoms with E-state index in [1.165, 1.54) is 6.07 Å². The molecule has 0 spiro atoms. The lowest BCUT2D eigenvalue weighted by Crippen LogP contribution is -2.38. The molecule has 60 heavy (non-hydrogen) atoms. The molecule has 314 valence electrons. The maximum Gasteiger partial charge on any atom is 0.408 e. The van der Waals surface area contributed by atoms with Crippen LogP contribution in [0, 0.1) is 23.4 Å². The van der Waals surface area contributed by atoms with Gasteiger partial charge in [0.1, 0.15) is 47.6 Å². The summed E-state index contributed by atoms with van der Waals surface area (Å²) in [6.45, 7) is -2.80. The standard InChI is InChI=1S/C36H25ClF10N10O2S/c1-60-54-33-27-20(37)2-3-23(29(27)56(53-33)13-35(43,44)45)57-25(59)9-21(32-48-10-17(40)11-49-32)51-34(57)22(6-14-4-15(38)7-16(39)5-14)50-24(58)12-55-30-26(28(52-55)31(41)42)18-8-19(18)36(30,46)47/h2-5,7,9-11,18-19,22,31H,6,8,12-13H2,1H3,(H,50,58)(H,53,54). The number of nitrogens with zero attached hydrogens (tertiary/aromatic N) is 8. The molecule has 1 saturated carbocycles. The van der Waals surface area contributed by atoms with Crippen molar-refractivity contribution in [2.75, 3.05) is 11.0 Å². The third-order valence-electron chi connectivity index (χ3n) is 9.85. The quantitative estimate of drug-likeness (QED) is 0.0932. The van der Waals surface area contributed by atoms with Crippen LogP contribution in [-0.4, -0.2) is 57.4 Å². The van der Waals surface area contributed by atoms with Gasteiger partial charge in [0.25, 0.3) is 17.9 Å². The van der Waals surface area contributed by atoms with Crippen molar-refractivity contribution in [3.05, 3.63) is 110 Å². The number of nitrogens with one attached hydrogen (secondary N) is 2. The van der Waals surface area contributed by atoms with Crippen LogP contribution in [0.4, 0.5) is 49.7 Å². The van der Waals surface area contributed by atoms with Gasteiger partial charge in [-0.2, -0.15) is 32.1 Å². The monoisotopic (exact) mass is 886 g/mol. The molecule has 3 unspecified atom stereocenters. The van der Waals surface area contributed by atoms with Gasteiger partial charge in [-0.05, 0) is 42.2 Å². The Morgan fingerprint density at radius 2 is 1.72 bits per heavy atom. The number of fused-ring (bicyclic) bond motifs is 4. The Kier molecular flexibility index (Phi) is 10.3. The minimum atomic E-state index is -4.88. The van der Waals surface area contributed by atoms with E-state index >= 15 is 8.78 Å². The molecule has 1 amide bonds. The fourth-order valence-electron chi connectivity index (χ4n) is 7.56. The van der Waals surface area contributed by atoms with Crippen LogP contribution in [0.25, 0.3) is 28.1 Å². The van der Waals surface area contributed by atoms with E-state index in [0.717, 1.165) is 53.2 Å². The van der Waals surface area contributed by atoms with Crippen molar-refractivity contribution in [1.29, 1.82) is 0 Å². The van der Waals surface area contributed by atoms with Gasteiger partial charge in [-0.25, -0.2) is 36.9 Å². The largest absolute Gasteiger partial charge is 0.408 e. The summed E-state index contributed by atoms with van der Waals surface area (Å²) in [6.07, 6.45) is -5.83. The van der Waals surface area contributed by atoms with Crippen LogP contribution in [0.1, 0.15) is 53.1 Å². The summed E-state index contributed by atoms with van der Waals surface area (Å²) < 4.78 is 149. The van der Waals surface area contributed by atoms with Crippen molar-refractivity contribution in [2.24, 2.45) is 5.92 Å². The number of carbonyl (C=O) groups excluding carboxylic acids is 1. The summed E-state index contributed by atoms with van der Waals surface area (Å²) in [5.74, 6) is -11.1. The summed E-state index contributed by atoms with van der Waals surface area (Å²) in [7, 11) is 0. The van der Waals surface area contributed by atoms with Gasteiger partial charge in [0.2, 0.25) is 5.91 Å². The zero-order valence-electron chi connectivity index (χ0n) is 30.2. The molecule has 4 heterocycles. The van der Waals surface area contributed by atoms with E-state index < -0.39 is 102 Å². The van der Waals surface area contributed by atoms with E-state index in [4.69, 9.17) is 11.6 Å². The first-order valence-electron chi connectivity index (χ1n) is 17.5. The third kappa shape index (κ3) is 7.52. The number of halogens is 11. The molecule has 6 aromatic rings. The molecule has 2 N–H and O–H groups in total. The summed E-state index contributed by atoms with van der Waals surface area (Å²) >= 11 is 7.46. The minimum Gasteiger partial charge on any atom is -0.344 e. The summed E-state index contributed by atoms with van der Waals surface area (Å²) in [4.78, 5) is 40.5. The summed E-state index contributed by atoms with van der Waals surface area (Å²) in [6, 6.07) is 3.74. The molecule has 12 nitrogen and oxygen atoms in total. The zero-order valence-corrected chi connectivity index (χ0v) is 31.8. The SMILES string of the molecule is CSNc1nn(CC(F)(F)F)c2c(-n3c(C(Cc4cc(F)cc(F)c4)NC(=O)Cn4nc(C(F)F)c5c4C(F)(F)C4CC54)nc(-c4ncc(F)cn4)cc3=O)ccc(Cl)c12. The van der Waals surface area contributed by atoms with Gasteiger partial charge < -0.3 is 10.0 Å². The lowest BCUT2D eigenvalue weighted by atomic mass is 10.0. The summed E-state index contributed by atoms with van der Waals surface area (Å²) in [5, 5.41) is 9.97. The maximum atomic E-state index is 15.4. The highest BCUT2D eigenvalue weighted by atomic mass is 35.5. The van der Waals surface area contributed by atoms with Crippen molar-refractivity contribution in [3.8, 4) is 17.2 Å². The highest BCUT2D eigenvalue weighted by molar-refractivity contribution is 7.99. The van der Waals surface area contributed by atoms with Crippen molar-refractivity contribution in [3.63, 3.8) is 0 Å². The van der Waals surface area contributed by atoms with Crippen molar-refractivity contribution < 1.29 is 48.7 Å². The Labute approximate surface area is 339 Å². The number of aromatic nitrogens is 8. The normalized spacial score (nSPS) is 17.2. The van der Waals surface area contributed by atoms with Crippen LogP contribution < -0.4 is 15.6 Å². The van der Waals surface area contributed by atoms with Gasteiger partial charge in [-0.1, -0.05) is 23.5 Å². The molecule has 1 fully saturated rings. The van der Waals surface area contributed by atoms with Crippen LogP contribution in [0.3, 0.4) is 0 Å². The molecule has 8 rings (SSSR count). The van der Waals surface area contributed by atoms with E-state index in [-0.39, 0.29) is 56.5 Å². The number of carbonyl (C=O) groups is 1. The first kappa shape index (κ1) is 41.0. The number of anilines is 1.